The molecule has 1 aromatic rings. The van der Waals surface area contributed by atoms with E-state index in [0.29, 0.717) is 30.8 Å². The fourth-order valence-electron chi connectivity index (χ4n) is 4.36. The molecule has 1 unspecified atom stereocenters. The van der Waals surface area contributed by atoms with Crippen LogP contribution in [0.3, 0.4) is 0 Å². The molecule has 5 rings (SSSR count). The summed E-state index contributed by atoms with van der Waals surface area (Å²) in [7, 11) is 0. The van der Waals surface area contributed by atoms with E-state index in [1.807, 2.05) is 6.07 Å². The first kappa shape index (κ1) is 16.2. The fourth-order valence-corrected chi connectivity index (χ4v) is 4.36. The molecule has 4 heterocycles. The van der Waals surface area contributed by atoms with Crippen LogP contribution in [0.5, 0.6) is 5.75 Å². The third-order valence-corrected chi connectivity index (χ3v) is 5.86. The lowest BCUT2D eigenvalue weighted by Crippen LogP contribution is -2.47. The quantitative estimate of drug-likeness (QED) is 0.716. The zero-order chi connectivity index (χ0) is 17.7. The van der Waals surface area contributed by atoms with E-state index in [-0.39, 0.29) is 17.2 Å². The van der Waals surface area contributed by atoms with Crippen LogP contribution in [0.1, 0.15) is 45.5 Å². The molecule has 0 saturated carbocycles. The third-order valence-electron chi connectivity index (χ3n) is 5.86. The third kappa shape index (κ3) is 2.44. The molecule has 4 aliphatic heterocycles. The first-order valence-electron chi connectivity index (χ1n) is 9.08. The Kier molecular flexibility index (Phi) is 3.75. The topological polar surface area (TPSA) is 89.1 Å². The summed E-state index contributed by atoms with van der Waals surface area (Å²) in [6.45, 7) is 3.01. The van der Waals surface area contributed by atoms with Crippen molar-refractivity contribution < 1.29 is 24.0 Å². The van der Waals surface area contributed by atoms with E-state index >= 15 is 0 Å². The normalized spacial score (nSPS) is 27.2. The summed E-state index contributed by atoms with van der Waals surface area (Å²) < 4.78 is 6.03. The highest BCUT2D eigenvalue weighted by atomic mass is 16.9. The van der Waals surface area contributed by atoms with E-state index in [4.69, 9.17) is 14.4 Å². The van der Waals surface area contributed by atoms with E-state index in [2.05, 4.69) is 11.0 Å². The van der Waals surface area contributed by atoms with Crippen molar-refractivity contribution in [2.24, 2.45) is 5.41 Å². The average Bonchev–Trinajstić information content (AvgIpc) is 2.91. The summed E-state index contributed by atoms with van der Waals surface area (Å²) in [5, 5.41) is 3.39. The molecule has 0 aromatic heterocycles. The Morgan fingerprint density at radius 1 is 1.12 bits per heavy atom. The molecule has 2 amide bonds. The number of nitrogens with zero attached hydrogens (tertiary/aromatic N) is 1. The van der Waals surface area contributed by atoms with E-state index in [1.165, 1.54) is 4.90 Å². The summed E-state index contributed by atoms with van der Waals surface area (Å²) >= 11 is 0. The second-order valence-corrected chi connectivity index (χ2v) is 7.49. The number of nitrogens with one attached hydrogen (secondary N) is 2. The number of ether oxygens (including phenoxy) is 1. The largest absolute Gasteiger partial charge is 0.493 e. The van der Waals surface area contributed by atoms with Gasteiger partial charge in [0.15, 0.2) is 6.23 Å². The van der Waals surface area contributed by atoms with Crippen LogP contribution < -0.4 is 15.7 Å². The molecule has 0 radical (unpaired) electrons. The van der Waals surface area contributed by atoms with Gasteiger partial charge in [0.2, 0.25) is 0 Å². The monoisotopic (exact) mass is 359 g/mol. The molecule has 0 bridgehead atoms. The van der Waals surface area contributed by atoms with Gasteiger partial charge in [0.05, 0.1) is 24.3 Å². The van der Waals surface area contributed by atoms with Gasteiger partial charge in [-0.2, -0.15) is 0 Å². The maximum atomic E-state index is 12.9. The van der Waals surface area contributed by atoms with Crippen LogP contribution in [-0.2, 0) is 16.1 Å². The van der Waals surface area contributed by atoms with Gasteiger partial charge in [-0.25, -0.2) is 4.90 Å². The molecular formula is C18H21N3O5. The van der Waals surface area contributed by atoms with Crippen molar-refractivity contribution in [2.75, 3.05) is 26.3 Å². The Bertz CT molecular complexity index is 768. The van der Waals surface area contributed by atoms with Crippen molar-refractivity contribution >= 4 is 11.8 Å². The number of fused-ring (bicyclic) bond motifs is 2. The van der Waals surface area contributed by atoms with Gasteiger partial charge < -0.3 is 10.1 Å². The lowest BCUT2D eigenvalue weighted by atomic mass is 9.73. The van der Waals surface area contributed by atoms with Gasteiger partial charge in [-0.3, -0.25) is 19.3 Å². The average molecular weight is 359 g/mol. The van der Waals surface area contributed by atoms with Crippen LogP contribution in [0, 0.1) is 5.41 Å². The first-order chi connectivity index (χ1) is 12.7. The number of carbonyl (C=O) groups is 2. The molecular weight excluding hydrogens is 338 g/mol. The number of rotatable bonds is 1. The number of carbonyl (C=O) groups excluding carboxylic acids is 2. The Morgan fingerprint density at radius 2 is 1.88 bits per heavy atom. The standard InChI is InChI=1S/C18H21N3O5/c22-16-12-7-11-9-18(2-4-19-5-3-18)10-24-14(11)8-13(12)17(23)21(16)15-1-6-25-20-26-15/h7-8,15,19-20H,1-6,9-10H2. The molecule has 26 heavy (non-hydrogen) atoms. The summed E-state index contributed by atoms with van der Waals surface area (Å²) in [4.78, 5) is 36.9. The smallest absolute Gasteiger partial charge is 0.263 e. The zero-order valence-electron chi connectivity index (χ0n) is 14.4. The van der Waals surface area contributed by atoms with Crippen LogP contribution in [0.15, 0.2) is 12.1 Å². The maximum absolute atomic E-state index is 12.9. The molecule has 1 spiro atoms. The van der Waals surface area contributed by atoms with Gasteiger partial charge >= 0.3 is 0 Å². The summed E-state index contributed by atoms with van der Waals surface area (Å²) in [6.07, 6.45) is 2.78. The molecule has 1 aromatic carbocycles. The minimum Gasteiger partial charge on any atom is -0.493 e. The van der Waals surface area contributed by atoms with Gasteiger partial charge in [0, 0.05) is 11.8 Å². The van der Waals surface area contributed by atoms with E-state index in [0.717, 1.165) is 43.7 Å². The van der Waals surface area contributed by atoms with Crippen molar-refractivity contribution in [3.63, 3.8) is 0 Å². The van der Waals surface area contributed by atoms with Gasteiger partial charge in [0.25, 0.3) is 11.8 Å². The van der Waals surface area contributed by atoms with Gasteiger partial charge in [-0.15, -0.1) is 0 Å². The lowest BCUT2D eigenvalue weighted by molar-refractivity contribution is -0.259. The Balaban J connectivity index is 1.47. The number of amides is 2. The Labute approximate surface area is 150 Å². The Morgan fingerprint density at radius 3 is 2.62 bits per heavy atom. The van der Waals surface area contributed by atoms with E-state index < -0.39 is 6.23 Å². The van der Waals surface area contributed by atoms with Crippen molar-refractivity contribution in [1.82, 2.24) is 15.9 Å². The number of piperidine rings is 1. The van der Waals surface area contributed by atoms with Gasteiger partial charge in [-0.05, 0) is 50.0 Å². The minimum absolute atomic E-state index is 0.131. The molecule has 138 valence electrons. The van der Waals surface area contributed by atoms with Crippen LogP contribution >= 0.6 is 0 Å². The number of hydrogen-bond donors (Lipinski definition) is 2. The molecule has 0 aliphatic carbocycles. The predicted molar refractivity (Wildman–Crippen MR) is 89.3 cm³/mol. The Hall–Kier alpha value is -2.00. The lowest BCUT2D eigenvalue weighted by Gasteiger charge is -2.41. The van der Waals surface area contributed by atoms with Crippen molar-refractivity contribution in [3.8, 4) is 5.75 Å². The number of benzene rings is 1. The highest BCUT2D eigenvalue weighted by Crippen LogP contribution is 2.42. The highest BCUT2D eigenvalue weighted by Gasteiger charge is 2.44. The summed E-state index contributed by atoms with van der Waals surface area (Å²) in [5.41, 5.74) is 4.28. The van der Waals surface area contributed by atoms with Crippen LogP contribution in [0.25, 0.3) is 0 Å². The van der Waals surface area contributed by atoms with Crippen LogP contribution in [0.4, 0.5) is 0 Å². The van der Waals surface area contributed by atoms with E-state index in [9.17, 15) is 9.59 Å². The molecule has 8 heteroatoms. The molecule has 4 aliphatic rings. The van der Waals surface area contributed by atoms with Crippen molar-refractivity contribution in [2.45, 2.75) is 31.9 Å². The second-order valence-electron chi connectivity index (χ2n) is 7.49. The SMILES string of the molecule is O=C1c2cc3c(cc2C(=O)N1C1CCONO1)OCC1(CCNCC1)C3. The minimum atomic E-state index is -0.662. The first-order valence-corrected chi connectivity index (χ1v) is 9.08. The van der Waals surface area contributed by atoms with Crippen molar-refractivity contribution in [3.05, 3.63) is 28.8 Å². The molecule has 2 N–H and O–H groups in total. The number of hydrogen-bond acceptors (Lipinski definition) is 7. The van der Waals surface area contributed by atoms with Crippen molar-refractivity contribution in [1.29, 1.82) is 0 Å². The van der Waals surface area contributed by atoms with Crippen LogP contribution in [0.2, 0.25) is 0 Å². The molecule has 2 saturated heterocycles. The van der Waals surface area contributed by atoms with Gasteiger partial charge in [-0.1, -0.05) is 5.64 Å². The van der Waals surface area contributed by atoms with Gasteiger partial charge in [0.1, 0.15) is 5.75 Å². The highest BCUT2D eigenvalue weighted by molar-refractivity contribution is 6.21. The number of imide groups is 1. The fraction of sp³-hybridized carbons (Fsp3) is 0.556. The second kappa shape index (κ2) is 6.02. The molecule has 8 nitrogen and oxygen atoms in total. The van der Waals surface area contributed by atoms with Crippen LogP contribution in [-0.4, -0.2) is 49.2 Å². The molecule has 1 atom stereocenters. The predicted octanol–water partition coefficient (Wildman–Crippen LogP) is 0.770. The molecule has 2 fully saturated rings. The zero-order valence-corrected chi connectivity index (χ0v) is 14.4. The maximum Gasteiger partial charge on any atom is 0.263 e. The summed E-state index contributed by atoms with van der Waals surface area (Å²) in [6, 6.07) is 3.58. The van der Waals surface area contributed by atoms with E-state index in [1.54, 1.807) is 6.07 Å². The summed E-state index contributed by atoms with van der Waals surface area (Å²) in [5.74, 6) is 0.0700.